The van der Waals surface area contributed by atoms with Gasteiger partial charge in [0, 0.05) is 36.9 Å². The number of rotatable bonds is 6. The first-order valence-electron chi connectivity index (χ1n) is 7.96. The summed E-state index contributed by atoms with van der Waals surface area (Å²) in [7, 11) is -3.70. The van der Waals surface area contributed by atoms with Crippen molar-refractivity contribution in [1.29, 1.82) is 0 Å². The number of hydrogen-bond donors (Lipinski definition) is 1. The van der Waals surface area contributed by atoms with E-state index < -0.39 is 15.1 Å². The van der Waals surface area contributed by atoms with Crippen molar-refractivity contribution in [2.75, 3.05) is 6.54 Å². The van der Waals surface area contributed by atoms with E-state index in [0.717, 1.165) is 0 Å². The summed E-state index contributed by atoms with van der Waals surface area (Å²) >= 11 is 0. The molecule has 1 N–H and O–H groups in total. The lowest BCUT2D eigenvalue weighted by molar-refractivity contribution is 0.0953. The van der Waals surface area contributed by atoms with Crippen LogP contribution in [0.4, 0.5) is 0 Å². The predicted octanol–water partition coefficient (Wildman–Crippen LogP) is 2.42. The van der Waals surface area contributed by atoms with Crippen molar-refractivity contribution in [2.45, 2.75) is 10.1 Å². The minimum Gasteiger partial charge on any atom is -0.350 e. The van der Waals surface area contributed by atoms with Gasteiger partial charge in [-0.25, -0.2) is 8.42 Å². The maximum Gasteiger partial charge on any atom is 0.251 e. The predicted molar refractivity (Wildman–Crippen MR) is 97.2 cm³/mol. The van der Waals surface area contributed by atoms with Crippen LogP contribution in [0.5, 0.6) is 0 Å². The van der Waals surface area contributed by atoms with Crippen molar-refractivity contribution < 1.29 is 13.2 Å². The highest BCUT2D eigenvalue weighted by atomic mass is 32.2. The van der Waals surface area contributed by atoms with Gasteiger partial charge in [0.25, 0.3) is 5.91 Å². The van der Waals surface area contributed by atoms with Crippen molar-refractivity contribution in [3.05, 3.63) is 90.5 Å². The molecule has 0 aliphatic carbocycles. The molecule has 0 aliphatic heterocycles. The summed E-state index contributed by atoms with van der Waals surface area (Å²) in [6.07, 6.45) is 6.09. The average molecular weight is 367 g/mol. The normalized spacial score (nSPS) is 12.3. The van der Waals surface area contributed by atoms with E-state index in [0.29, 0.717) is 11.1 Å². The second kappa shape index (κ2) is 7.88. The molecule has 0 fully saturated rings. The van der Waals surface area contributed by atoms with Crippen LogP contribution in [0.25, 0.3) is 0 Å². The van der Waals surface area contributed by atoms with Crippen LogP contribution in [0.2, 0.25) is 0 Å². The minimum absolute atomic E-state index is 0.0654. The molecular formula is C19H17N3O3S. The van der Waals surface area contributed by atoms with E-state index in [2.05, 4.69) is 15.3 Å². The number of benzene rings is 1. The van der Waals surface area contributed by atoms with Crippen LogP contribution < -0.4 is 5.32 Å². The van der Waals surface area contributed by atoms with E-state index in [1.54, 1.807) is 60.8 Å². The Morgan fingerprint density at radius 1 is 0.923 bits per heavy atom. The minimum atomic E-state index is -3.70. The zero-order valence-corrected chi connectivity index (χ0v) is 14.6. The number of nitrogens with zero attached hydrogens (tertiary/aromatic N) is 2. The fraction of sp³-hybridized carbons (Fsp3) is 0.105. The Balaban J connectivity index is 1.89. The third-order valence-corrected chi connectivity index (χ3v) is 6.01. The number of sulfone groups is 1. The molecule has 0 saturated carbocycles. The van der Waals surface area contributed by atoms with E-state index in [4.69, 9.17) is 0 Å². The highest BCUT2D eigenvalue weighted by Crippen LogP contribution is 2.28. The summed E-state index contributed by atoms with van der Waals surface area (Å²) in [5.74, 6) is -0.357. The lowest BCUT2D eigenvalue weighted by atomic mass is 10.2. The number of carbonyl (C=O) groups excluding carboxylic acids is 1. The number of aromatic nitrogens is 2. The zero-order valence-electron chi connectivity index (χ0n) is 13.8. The Labute approximate surface area is 151 Å². The van der Waals surface area contributed by atoms with E-state index in [1.165, 1.54) is 18.6 Å². The van der Waals surface area contributed by atoms with Crippen LogP contribution in [0.15, 0.2) is 84.3 Å². The van der Waals surface area contributed by atoms with Gasteiger partial charge >= 0.3 is 0 Å². The smallest absolute Gasteiger partial charge is 0.251 e. The summed E-state index contributed by atoms with van der Waals surface area (Å²) < 4.78 is 26.2. The molecule has 0 radical (unpaired) electrons. The Hall–Kier alpha value is -3.06. The maximum atomic E-state index is 13.1. The highest BCUT2D eigenvalue weighted by Gasteiger charge is 2.29. The first-order valence-corrected chi connectivity index (χ1v) is 9.51. The molecule has 0 spiro atoms. The van der Waals surface area contributed by atoms with Crippen LogP contribution in [-0.2, 0) is 9.84 Å². The molecule has 7 heteroatoms. The van der Waals surface area contributed by atoms with Crippen LogP contribution in [0.3, 0.4) is 0 Å². The number of hydrogen-bond acceptors (Lipinski definition) is 5. The van der Waals surface area contributed by atoms with Crippen LogP contribution >= 0.6 is 0 Å². The Bertz CT molecular complexity index is 963. The van der Waals surface area contributed by atoms with Gasteiger partial charge in [-0.2, -0.15) is 0 Å². The molecule has 0 unspecified atom stereocenters. The molecule has 3 rings (SSSR count). The van der Waals surface area contributed by atoms with E-state index >= 15 is 0 Å². The summed E-state index contributed by atoms with van der Waals surface area (Å²) in [5, 5.41) is 1.76. The molecule has 3 aromatic rings. The third kappa shape index (κ3) is 3.94. The number of carbonyl (C=O) groups is 1. The second-order valence-electron chi connectivity index (χ2n) is 5.58. The van der Waals surface area contributed by atoms with Gasteiger partial charge in [0.2, 0.25) is 0 Å². The van der Waals surface area contributed by atoms with Gasteiger partial charge < -0.3 is 5.32 Å². The van der Waals surface area contributed by atoms with Gasteiger partial charge in [0.1, 0.15) is 5.25 Å². The Kier molecular flexibility index (Phi) is 5.38. The first kappa shape index (κ1) is 17.8. The standard InChI is InChI=1S/C19H17N3O3S/c23-19(15-8-11-20-12-9-15)22-14-18(16-5-4-10-21-13-16)26(24,25)17-6-2-1-3-7-17/h1-13,18H,14H2,(H,22,23)/t18-/m1/s1. The molecular weight excluding hydrogens is 350 g/mol. The van der Waals surface area contributed by atoms with Crippen molar-refractivity contribution in [3.63, 3.8) is 0 Å². The number of pyridine rings is 2. The third-order valence-electron chi connectivity index (χ3n) is 3.89. The highest BCUT2D eigenvalue weighted by molar-refractivity contribution is 7.91. The monoisotopic (exact) mass is 367 g/mol. The summed E-state index contributed by atoms with van der Waals surface area (Å²) in [4.78, 5) is 20.4. The fourth-order valence-electron chi connectivity index (χ4n) is 2.54. The van der Waals surface area contributed by atoms with Crippen molar-refractivity contribution >= 4 is 15.7 Å². The maximum absolute atomic E-state index is 13.1. The molecule has 26 heavy (non-hydrogen) atoms. The molecule has 132 valence electrons. The molecule has 0 saturated heterocycles. The van der Waals surface area contributed by atoms with Crippen LogP contribution in [0.1, 0.15) is 21.2 Å². The fourth-order valence-corrected chi connectivity index (χ4v) is 4.20. The van der Waals surface area contributed by atoms with Gasteiger partial charge in [-0.3, -0.25) is 14.8 Å². The summed E-state index contributed by atoms with van der Waals surface area (Å²) in [6.45, 7) is -0.0654. The SMILES string of the molecule is O=C(NC[C@H](c1cccnc1)S(=O)(=O)c1ccccc1)c1ccncc1. The lowest BCUT2D eigenvalue weighted by Gasteiger charge is -2.18. The van der Waals surface area contributed by atoms with Gasteiger partial charge in [0.15, 0.2) is 9.84 Å². The zero-order chi connectivity index (χ0) is 18.4. The van der Waals surface area contributed by atoms with Crippen LogP contribution in [0, 0.1) is 0 Å². The van der Waals surface area contributed by atoms with E-state index in [9.17, 15) is 13.2 Å². The molecule has 1 atom stereocenters. The molecule has 0 aliphatic rings. The van der Waals surface area contributed by atoms with Crippen molar-refractivity contribution in [3.8, 4) is 0 Å². The van der Waals surface area contributed by atoms with Crippen LogP contribution in [-0.4, -0.2) is 30.8 Å². The van der Waals surface area contributed by atoms with E-state index in [-0.39, 0.29) is 17.3 Å². The Morgan fingerprint density at radius 2 is 1.65 bits per heavy atom. The van der Waals surface area contributed by atoms with Gasteiger partial charge in [-0.15, -0.1) is 0 Å². The summed E-state index contributed by atoms with van der Waals surface area (Å²) in [6, 6.07) is 14.7. The topological polar surface area (TPSA) is 89.0 Å². The molecule has 0 bridgehead atoms. The second-order valence-corrected chi connectivity index (χ2v) is 7.71. The van der Waals surface area contributed by atoms with E-state index in [1.807, 2.05) is 0 Å². The molecule has 2 aromatic heterocycles. The van der Waals surface area contributed by atoms with Crippen molar-refractivity contribution in [2.24, 2.45) is 0 Å². The van der Waals surface area contributed by atoms with Crippen molar-refractivity contribution in [1.82, 2.24) is 15.3 Å². The largest absolute Gasteiger partial charge is 0.350 e. The molecule has 6 nitrogen and oxygen atoms in total. The van der Waals surface area contributed by atoms with Gasteiger partial charge in [-0.05, 0) is 35.9 Å². The molecule has 1 amide bonds. The van der Waals surface area contributed by atoms with Gasteiger partial charge in [0.05, 0.1) is 4.90 Å². The summed E-state index contributed by atoms with van der Waals surface area (Å²) in [5.41, 5.74) is 0.938. The van der Waals surface area contributed by atoms with Gasteiger partial charge in [-0.1, -0.05) is 24.3 Å². The molecule has 1 aromatic carbocycles. The first-order chi connectivity index (χ1) is 12.6. The molecule has 2 heterocycles. The number of amides is 1. The number of nitrogens with one attached hydrogen (secondary N) is 1. The Morgan fingerprint density at radius 3 is 2.31 bits per heavy atom. The average Bonchev–Trinajstić information content (AvgIpc) is 2.70. The lowest BCUT2D eigenvalue weighted by Crippen LogP contribution is -2.32. The quantitative estimate of drug-likeness (QED) is 0.723.